The number of nitrogens with one attached hydrogen (secondary N) is 1. The molecule has 0 aliphatic carbocycles. The molecule has 0 amide bonds. The minimum Gasteiger partial charge on any atom is -0.271 e. The number of aryl methyl sites for hydroxylation is 1. The van der Waals surface area contributed by atoms with E-state index in [-0.39, 0.29) is 11.5 Å². The summed E-state index contributed by atoms with van der Waals surface area (Å²) in [5.41, 5.74) is 6.51. The highest BCUT2D eigenvalue weighted by Gasteiger charge is 2.20. The molecule has 1 aromatic carbocycles. The topological polar surface area (TPSA) is 63.8 Å². The van der Waals surface area contributed by atoms with Crippen LogP contribution >= 0.6 is 11.5 Å². The molecule has 5 heteroatoms. The van der Waals surface area contributed by atoms with E-state index < -0.39 is 0 Å². The van der Waals surface area contributed by atoms with Crippen molar-refractivity contribution >= 4 is 11.5 Å². The van der Waals surface area contributed by atoms with Crippen LogP contribution in [0.3, 0.4) is 0 Å². The van der Waals surface area contributed by atoms with Crippen molar-refractivity contribution in [2.24, 2.45) is 5.84 Å². The molecule has 0 bridgehead atoms. The maximum atomic E-state index is 5.74. The van der Waals surface area contributed by atoms with E-state index in [1.54, 1.807) is 0 Å². The fourth-order valence-corrected chi connectivity index (χ4v) is 3.01. The third kappa shape index (κ3) is 3.06. The molecule has 0 radical (unpaired) electrons. The van der Waals surface area contributed by atoms with E-state index in [4.69, 9.17) is 5.84 Å². The van der Waals surface area contributed by atoms with Gasteiger partial charge in [-0.3, -0.25) is 5.84 Å². The first-order valence-electron chi connectivity index (χ1n) is 6.85. The predicted octanol–water partition coefficient (Wildman–Crippen LogP) is 2.95. The zero-order chi connectivity index (χ0) is 14.8. The summed E-state index contributed by atoms with van der Waals surface area (Å²) in [6.07, 6.45) is 0.865. The van der Waals surface area contributed by atoms with Gasteiger partial charge in [-0.05, 0) is 34.5 Å². The first kappa shape index (κ1) is 15.1. The molecule has 3 N–H and O–H groups in total. The van der Waals surface area contributed by atoms with Crippen LogP contribution in [-0.4, -0.2) is 9.59 Å². The van der Waals surface area contributed by atoms with Crippen LogP contribution in [0.25, 0.3) is 0 Å². The van der Waals surface area contributed by atoms with Gasteiger partial charge in [-0.2, -0.15) is 0 Å². The minimum absolute atomic E-state index is 0.0426. The molecule has 2 rings (SSSR count). The molecule has 0 saturated carbocycles. The molecule has 1 atom stereocenters. The van der Waals surface area contributed by atoms with Crippen molar-refractivity contribution in [1.29, 1.82) is 0 Å². The zero-order valence-electron chi connectivity index (χ0n) is 12.5. The molecule has 108 valence electrons. The van der Waals surface area contributed by atoms with Gasteiger partial charge in [-0.15, -0.1) is 5.10 Å². The lowest BCUT2D eigenvalue weighted by molar-refractivity contribution is 0.588. The molecule has 2 aromatic rings. The summed E-state index contributed by atoms with van der Waals surface area (Å²) < 4.78 is 4.04. The van der Waals surface area contributed by atoms with E-state index in [0.717, 1.165) is 22.6 Å². The highest BCUT2D eigenvalue weighted by Crippen LogP contribution is 2.29. The van der Waals surface area contributed by atoms with Gasteiger partial charge in [0.15, 0.2) is 0 Å². The van der Waals surface area contributed by atoms with Crippen LogP contribution in [0.15, 0.2) is 24.3 Å². The van der Waals surface area contributed by atoms with E-state index in [1.165, 1.54) is 17.1 Å². The van der Waals surface area contributed by atoms with E-state index in [2.05, 4.69) is 67.0 Å². The summed E-state index contributed by atoms with van der Waals surface area (Å²) in [5.74, 6) is 5.74. The van der Waals surface area contributed by atoms with Gasteiger partial charge in [-0.25, -0.2) is 5.43 Å². The Bertz CT molecular complexity index is 554. The van der Waals surface area contributed by atoms with Crippen molar-refractivity contribution in [2.45, 2.75) is 45.6 Å². The molecular formula is C15H22N4S. The van der Waals surface area contributed by atoms with Gasteiger partial charge < -0.3 is 0 Å². The number of rotatable bonds is 4. The number of nitrogens with zero attached hydrogens (tertiary/aromatic N) is 2. The van der Waals surface area contributed by atoms with Gasteiger partial charge in [0.25, 0.3) is 0 Å². The Labute approximate surface area is 124 Å². The Morgan fingerprint density at radius 3 is 2.40 bits per heavy atom. The van der Waals surface area contributed by atoms with Crippen LogP contribution < -0.4 is 11.3 Å². The average molecular weight is 290 g/mol. The third-order valence-electron chi connectivity index (χ3n) is 3.46. The van der Waals surface area contributed by atoms with Gasteiger partial charge in [0.1, 0.15) is 0 Å². The van der Waals surface area contributed by atoms with E-state index in [9.17, 15) is 0 Å². The predicted molar refractivity (Wildman–Crippen MR) is 83.6 cm³/mol. The van der Waals surface area contributed by atoms with Crippen LogP contribution in [0.1, 0.15) is 55.4 Å². The van der Waals surface area contributed by atoms with Crippen LogP contribution in [-0.2, 0) is 11.8 Å². The van der Waals surface area contributed by atoms with Crippen LogP contribution in [0.4, 0.5) is 0 Å². The Balaban J connectivity index is 2.33. The second kappa shape index (κ2) is 5.99. The van der Waals surface area contributed by atoms with Crippen molar-refractivity contribution in [2.75, 3.05) is 0 Å². The Morgan fingerprint density at radius 1 is 1.25 bits per heavy atom. The van der Waals surface area contributed by atoms with Crippen molar-refractivity contribution in [1.82, 2.24) is 15.0 Å². The van der Waals surface area contributed by atoms with E-state index in [0.29, 0.717) is 0 Å². The standard InChI is InChI=1S/C15H22N4S/c1-5-12-14(20-19-18-12)13(17-16)10-6-8-11(9-7-10)15(2,3)4/h6-9,13,17H,5,16H2,1-4H3. The summed E-state index contributed by atoms with van der Waals surface area (Å²) in [4.78, 5) is 1.10. The smallest absolute Gasteiger partial charge is 0.0837 e. The average Bonchev–Trinajstić information content (AvgIpc) is 2.87. The molecule has 0 fully saturated rings. The fraction of sp³-hybridized carbons (Fsp3) is 0.467. The molecular weight excluding hydrogens is 268 g/mol. The number of hydrazine groups is 1. The quantitative estimate of drug-likeness (QED) is 0.671. The van der Waals surface area contributed by atoms with Crippen molar-refractivity contribution in [3.63, 3.8) is 0 Å². The number of hydrogen-bond acceptors (Lipinski definition) is 5. The molecule has 0 spiro atoms. The molecule has 4 nitrogen and oxygen atoms in total. The monoisotopic (exact) mass is 290 g/mol. The van der Waals surface area contributed by atoms with Crippen molar-refractivity contribution in [3.8, 4) is 0 Å². The van der Waals surface area contributed by atoms with Crippen molar-refractivity contribution in [3.05, 3.63) is 46.0 Å². The van der Waals surface area contributed by atoms with Gasteiger partial charge in [0.2, 0.25) is 0 Å². The number of nitrogens with two attached hydrogens (primary N) is 1. The Kier molecular flexibility index (Phi) is 4.52. The summed E-state index contributed by atoms with van der Waals surface area (Å²) >= 11 is 1.41. The third-order valence-corrected chi connectivity index (χ3v) is 4.29. The first-order valence-corrected chi connectivity index (χ1v) is 7.62. The largest absolute Gasteiger partial charge is 0.271 e. The first-order chi connectivity index (χ1) is 9.47. The lowest BCUT2D eigenvalue weighted by Crippen LogP contribution is -2.29. The highest BCUT2D eigenvalue weighted by molar-refractivity contribution is 7.05. The minimum atomic E-state index is -0.0426. The lowest BCUT2D eigenvalue weighted by atomic mass is 9.86. The van der Waals surface area contributed by atoms with Crippen LogP contribution in [0.5, 0.6) is 0 Å². The number of hydrogen-bond donors (Lipinski definition) is 2. The molecule has 0 aliphatic rings. The summed E-state index contributed by atoms with van der Waals surface area (Å²) in [7, 11) is 0. The van der Waals surface area contributed by atoms with Crippen molar-refractivity contribution < 1.29 is 0 Å². The van der Waals surface area contributed by atoms with Gasteiger partial charge in [0, 0.05) is 0 Å². The summed E-state index contributed by atoms with van der Waals surface area (Å²) in [5, 5.41) is 4.16. The molecule has 1 heterocycles. The van der Waals surface area contributed by atoms with E-state index in [1.807, 2.05) is 0 Å². The fourth-order valence-electron chi connectivity index (χ4n) is 2.18. The normalized spacial score (nSPS) is 13.4. The summed E-state index contributed by atoms with van der Waals surface area (Å²) in [6.45, 7) is 8.71. The number of aromatic nitrogens is 2. The number of benzene rings is 1. The van der Waals surface area contributed by atoms with Crippen LogP contribution in [0, 0.1) is 0 Å². The Morgan fingerprint density at radius 2 is 1.90 bits per heavy atom. The Hall–Kier alpha value is -1.30. The summed E-state index contributed by atoms with van der Waals surface area (Å²) in [6, 6.07) is 8.55. The molecule has 0 aliphatic heterocycles. The molecule has 20 heavy (non-hydrogen) atoms. The highest BCUT2D eigenvalue weighted by atomic mass is 32.1. The zero-order valence-corrected chi connectivity index (χ0v) is 13.3. The van der Waals surface area contributed by atoms with E-state index >= 15 is 0 Å². The van der Waals surface area contributed by atoms with Gasteiger partial charge in [0.05, 0.1) is 16.6 Å². The van der Waals surface area contributed by atoms with Crippen LogP contribution in [0.2, 0.25) is 0 Å². The lowest BCUT2D eigenvalue weighted by Gasteiger charge is -2.21. The van der Waals surface area contributed by atoms with Gasteiger partial charge >= 0.3 is 0 Å². The maximum Gasteiger partial charge on any atom is 0.0837 e. The van der Waals surface area contributed by atoms with Gasteiger partial charge in [-0.1, -0.05) is 56.4 Å². The second-order valence-corrected chi connectivity index (χ2v) is 6.69. The maximum absolute atomic E-state index is 5.74. The second-order valence-electron chi connectivity index (χ2n) is 5.91. The SMILES string of the molecule is CCc1nnsc1C(NN)c1ccc(C(C)(C)C)cc1. The molecule has 1 aromatic heterocycles. The molecule has 0 saturated heterocycles. The molecule has 1 unspecified atom stereocenters.